The zero-order chi connectivity index (χ0) is 27.5. The first-order valence-electron chi connectivity index (χ1n) is 13.0. The maximum Gasteiger partial charge on any atom is 0.301 e. The standard InChI is InChI=1S/C28H29FN6O3S/c1-16-8-9-35(14-16)39(37,38)33-23-7-4-17(2)24(25(23)29)26(36)22-15-34(3)28-21(22)10-19(11-32-28)20-12-30-27(31-13-20)18-5-6-18/h4,7,10-13,15-16,18,33H,5-6,8-9,14H2,1-3H3/t16-/m1/s1. The Hall–Kier alpha value is -3.70. The lowest BCUT2D eigenvalue weighted by Gasteiger charge is -2.19. The molecule has 1 N–H and O–H groups in total. The van der Waals surface area contributed by atoms with Gasteiger partial charge in [0.15, 0.2) is 11.6 Å². The Morgan fingerprint density at radius 2 is 1.79 bits per heavy atom. The van der Waals surface area contributed by atoms with Gasteiger partial charge in [0.25, 0.3) is 0 Å². The molecule has 2 aliphatic rings. The van der Waals surface area contributed by atoms with Crippen LogP contribution in [0.1, 0.15) is 59.4 Å². The zero-order valence-corrected chi connectivity index (χ0v) is 22.8. The first-order valence-corrected chi connectivity index (χ1v) is 14.5. The monoisotopic (exact) mass is 548 g/mol. The Labute approximate surface area is 226 Å². The van der Waals surface area contributed by atoms with Crippen molar-refractivity contribution in [1.82, 2.24) is 23.8 Å². The van der Waals surface area contributed by atoms with E-state index in [1.807, 2.05) is 13.0 Å². The predicted molar refractivity (Wildman–Crippen MR) is 146 cm³/mol. The number of aromatic nitrogens is 4. The molecule has 202 valence electrons. The summed E-state index contributed by atoms with van der Waals surface area (Å²) >= 11 is 0. The number of anilines is 1. The van der Waals surface area contributed by atoms with Crippen molar-refractivity contribution in [2.24, 2.45) is 13.0 Å². The summed E-state index contributed by atoms with van der Waals surface area (Å²) in [6, 6.07) is 4.74. The molecule has 0 amide bonds. The number of nitrogens with one attached hydrogen (secondary N) is 1. The largest absolute Gasteiger partial charge is 0.335 e. The van der Waals surface area contributed by atoms with Crippen molar-refractivity contribution in [3.05, 3.63) is 71.3 Å². The molecular weight excluding hydrogens is 519 g/mol. The van der Waals surface area contributed by atoms with Crippen molar-refractivity contribution >= 4 is 32.7 Å². The maximum absolute atomic E-state index is 15.8. The number of benzene rings is 1. The molecule has 1 atom stereocenters. The van der Waals surface area contributed by atoms with Crippen molar-refractivity contribution in [3.8, 4) is 11.1 Å². The van der Waals surface area contributed by atoms with Gasteiger partial charge >= 0.3 is 10.2 Å². The van der Waals surface area contributed by atoms with E-state index in [0.29, 0.717) is 35.6 Å². The van der Waals surface area contributed by atoms with Crippen LogP contribution in [-0.2, 0) is 17.3 Å². The van der Waals surface area contributed by atoms with Crippen LogP contribution in [0.3, 0.4) is 0 Å². The minimum absolute atomic E-state index is 0.181. The average molecular weight is 549 g/mol. The van der Waals surface area contributed by atoms with Crippen molar-refractivity contribution < 1.29 is 17.6 Å². The van der Waals surface area contributed by atoms with Gasteiger partial charge in [0.1, 0.15) is 11.5 Å². The highest BCUT2D eigenvalue weighted by molar-refractivity contribution is 7.90. The lowest BCUT2D eigenvalue weighted by Crippen LogP contribution is -2.34. The Morgan fingerprint density at radius 1 is 1.08 bits per heavy atom. The second kappa shape index (κ2) is 9.49. The van der Waals surface area contributed by atoms with E-state index >= 15 is 4.39 Å². The lowest BCUT2D eigenvalue weighted by molar-refractivity contribution is 0.103. The smallest absolute Gasteiger partial charge is 0.301 e. The molecule has 0 bridgehead atoms. The number of ketones is 1. The van der Waals surface area contributed by atoms with Crippen LogP contribution in [0.4, 0.5) is 10.1 Å². The van der Waals surface area contributed by atoms with Crippen molar-refractivity contribution in [1.29, 1.82) is 0 Å². The van der Waals surface area contributed by atoms with Gasteiger partial charge in [-0.25, -0.2) is 19.3 Å². The van der Waals surface area contributed by atoms with E-state index in [1.54, 1.807) is 49.4 Å². The van der Waals surface area contributed by atoms with E-state index in [4.69, 9.17) is 0 Å². The van der Waals surface area contributed by atoms with Gasteiger partial charge in [0, 0.05) is 72.9 Å². The molecule has 4 heterocycles. The third kappa shape index (κ3) is 4.70. The molecule has 0 spiro atoms. The number of carbonyl (C=O) groups is 1. The van der Waals surface area contributed by atoms with E-state index in [0.717, 1.165) is 36.2 Å². The van der Waals surface area contributed by atoms with Crippen LogP contribution >= 0.6 is 0 Å². The Morgan fingerprint density at radius 3 is 2.46 bits per heavy atom. The summed E-state index contributed by atoms with van der Waals surface area (Å²) in [5, 5.41) is 0.558. The van der Waals surface area contributed by atoms with Crippen LogP contribution in [0, 0.1) is 18.7 Å². The highest BCUT2D eigenvalue weighted by Gasteiger charge is 2.31. The quantitative estimate of drug-likeness (QED) is 0.339. The summed E-state index contributed by atoms with van der Waals surface area (Å²) in [4.78, 5) is 27.3. The number of hydrogen-bond donors (Lipinski definition) is 1. The minimum atomic E-state index is -3.95. The zero-order valence-electron chi connectivity index (χ0n) is 22.0. The maximum atomic E-state index is 15.8. The SMILES string of the molecule is Cc1ccc(NS(=O)(=O)N2CC[C@@H](C)C2)c(F)c1C(=O)c1cn(C)c2ncc(-c3cnc(C4CC4)nc3)cc12. The summed E-state index contributed by atoms with van der Waals surface area (Å²) in [5.74, 6) is 0.0558. The van der Waals surface area contributed by atoms with E-state index in [2.05, 4.69) is 19.7 Å². The molecule has 11 heteroatoms. The molecular formula is C28H29FN6O3S. The minimum Gasteiger partial charge on any atom is -0.335 e. The fourth-order valence-corrected chi connectivity index (χ4v) is 6.48. The van der Waals surface area contributed by atoms with Crippen LogP contribution in [0.15, 0.2) is 43.0 Å². The summed E-state index contributed by atoms with van der Waals surface area (Å²) in [6.07, 6.45) is 9.80. The van der Waals surface area contributed by atoms with Crippen molar-refractivity contribution in [2.45, 2.75) is 39.0 Å². The highest BCUT2D eigenvalue weighted by Crippen LogP contribution is 2.38. The molecule has 3 aromatic heterocycles. The van der Waals surface area contributed by atoms with Gasteiger partial charge in [-0.15, -0.1) is 0 Å². The van der Waals surface area contributed by atoms with Crippen LogP contribution in [0.2, 0.25) is 0 Å². The second-order valence-electron chi connectivity index (χ2n) is 10.7. The van der Waals surface area contributed by atoms with Crippen LogP contribution in [0.5, 0.6) is 0 Å². The van der Waals surface area contributed by atoms with E-state index in [1.165, 1.54) is 10.4 Å². The Balaban J connectivity index is 1.36. The first-order chi connectivity index (χ1) is 18.6. The number of hydrogen-bond acceptors (Lipinski definition) is 6. The Bertz CT molecular complexity index is 1710. The molecule has 39 heavy (non-hydrogen) atoms. The van der Waals surface area contributed by atoms with E-state index < -0.39 is 21.8 Å². The van der Waals surface area contributed by atoms with Crippen LogP contribution in [0.25, 0.3) is 22.2 Å². The summed E-state index contributed by atoms with van der Waals surface area (Å²) in [6.45, 7) is 4.34. The van der Waals surface area contributed by atoms with Crippen molar-refractivity contribution in [3.63, 3.8) is 0 Å². The number of aryl methyl sites for hydroxylation is 2. The summed E-state index contributed by atoms with van der Waals surface area (Å²) < 4.78 is 47.0. The molecule has 2 fully saturated rings. The van der Waals surface area contributed by atoms with Gasteiger partial charge < -0.3 is 4.57 Å². The fourth-order valence-electron chi connectivity index (χ4n) is 5.12. The van der Waals surface area contributed by atoms with Gasteiger partial charge in [-0.2, -0.15) is 12.7 Å². The molecule has 4 aromatic rings. The topological polar surface area (TPSA) is 110 Å². The van der Waals surface area contributed by atoms with Gasteiger partial charge in [-0.1, -0.05) is 13.0 Å². The molecule has 1 saturated heterocycles. The fraction of sp³-hybridized carbons (Fsp3) is 0.357. The van der Waals surface area contributed by atoms with Crippen LogP contribution < -0.4 is 4.72 Å². The molecule has 9 nitrogen and oxygen atoms in total. The third-order valence-corrected chi connectivity index (χ3v) is 9.04. The summed E-state index contributed by atoms with van der Waals surface area (Å²) in [7, 11) is -2.19. The van der Waals surface area contributed by atoms with Crippen LogP contribution in [-0.4, -0.2) is 51.1 Å². The van der Waals surface area contributed by atoms with Gasteiger partial charge in [0.05, 0.1) is 11.3 Å². The number of nitrogens with zero attached hydrogens (tertiary/aromatic N) is 5. The third-order valence-electron chi connectivity index (χ3n) is 7.55. The first kappa shape index (κ1) is 25.6. The van der Waals surface area contributed by atoms with Gasteiger partial charge in [-0.3, -0.25) is 9.52 Å². The lowest BCUT2D eigenvalue weighted by atomic mass is 9.97. The van der Waals surface area contributed by atoms with Gasteiger partial charge in [0.2, 0.25) is 0 Å². The predicted octanol–water partition coefficient (Wildman–Crippen LogP) is 4.58. The number of rotatable bonds is 7. The molecule has 1 aliphatic carbocycles. The van der Waals surface area contributed by atoms with Gasteiger partial charge in [-0.05, 0) is 49.8 Å². The normalized spacial score (nSPS) is 18.1. The van der Waals surface area contributed by atoms with E-state index in [-0.39, 0.29) is 22.7 Å². The second-order valence-corrected chi connectivity index (χ2v) is 12.3. The molecule has 0 radical (unpaired) electrons. The molecule has 6 rings (SSSR count). The highest BCUT2D eigenvalue weighted by atomic mass is 32.2. The number of halogens is 1. The number of carbonyl (C=O) groups excluding carboxylic acids is 1. The van der Waals surface area contributed by atoms with E-state index in [9.17, 15) is 13.2 Å². The molecule has 0 unspecified atom stereocenters. The Kier molecular flexibility index (Phi) is 6.22. The number of fused-ring (bicyclic) bond motifs is 1. The summed E-state index contributed by atoms with van der Waals surface area (Å²) in [5.41, 5.74) is 2.31. The average Bonchev–Trinajstić information content (AvgIpc) is 3.59. The molecule has 1 aliphatic heterocycles. The number of pyridine rings is 1. The molecule has 1 aromatic carbocycles. The molecule has 1 saturated carbocycles. The van der Waals surface area contributed by atoms with Crippen molar-refractivity contribution in [2.75, 3.05) is 17.8 Å².